The molecule has 1 amide bonds. The molecule has 2 saturated carbocycles. The highest BCUT2D eigenvalue weighted by Gasteiger charge is 2.51. The molecule has 0 saturated heterocycles. The van der Waals surface area contributed by atoms with E-state index in [0.717, 1.165) is 12.3 Å². The first kappa shape index (κ1) is 11.9. The first-order valence-corrected chi connectivity index (χ1v) is 6.31. The summed E-state index contributed by atoms with van der Waals surface area (Å²) in [4.78, 5) is 11.7. The first-order chi connectivity index (χ1) is 7.31. The third-order valence-electron chi connectivity index (χ3n) is 3.71. The van der Waals surface area contributed by atoms with E-state index in [2.05, 4.69) is 26.1 Å². The van der Waals surface area contributed by atoms with Gasteiger partial charge in [0.2, 0.25) is 0 Å². The number of carbonyl (C=O) groups excluding carboxylic acids is 1. The number of hydrogen-bond acceptors (Lipinski definition) is 1. The summed E-state index contributed by atoms with van der Waals surface area (Å²) in [6, 6.07) is 0.112. The number of hydrogen-bond donors (Lipinski definition) is 1. The standard InChI is InChI=1S/C13H22FNO/c1-12(2,3)10(8-9-4-5-9)15-11(16)13(14)6-7-13/h9-10H,4-8H2,1-3H3,(H,15,16). The minimum absolute atomic E-state index is 0.0174. The zero-order valence-electron chi connectivity index (χ0n) is 10.5. The fourth-order valence-corrected chi connectivity index (χ4v) is 1.94. The van der Waals surface area contributed by atoms with Crippen molar-refractivity contribution in [1.29, 1.82) is 0 Å². The summed E-state index contributed by atoms with van der Waals surface area (Å²) in [6.45, 7) is 6.33. The molecule has 2 rings (SSSR count). The van der Waals surface area contributed by atoms with Crippen molar-refractivity contribution in [2.45, 2.75) is 64.6 Å². The Kier molecular flexibility index (Phi) is 2.75. The van der Waals surface area contributed by atoms with Crippen molar-refractivity contribution in [2.75, 3.05) is 0 Å². The molecule has 0 aromatic carbocycles. The zero-order chi connectivity index (χ0) is 12.0. The van der Waals surface area contributed by atoms with Crippen LogP contribution < -0.4 is 5.32 Å². The maximum absolute atomic E-state index is 13.6. The van der Waals surface area contributed by atoms with Gasteiger partial charge in [0.25, 0.3) is 5.91 Å². The van der Waals surface area contributed by atoms with Crippen LogP contribution in [0, 0.1) is 11.3 Å². The van der Waals surface area contributed by atoms with E-state index in [-0.39, 0.29) is 17.4 Å². The molecule has 2 aliphatic carbocycles. The van der Waals surface area contributed by atoms with Gasteiger partial charge in [-0.3, -0.25) is 4.79 Å². The smallest absolute Gasteiger partial charge is 0.257 e. The SMILES string of the molecule is CC(C)(C)C(CC1CC1)NC(=O)C1(F)CC1. The third-order valence-corrected chi connectivity index (χ3v) is 3.71. The van der Waals surface area contributed by atoms with Gasteiger partial charge in [0.15, 0.2) is 5.67 Å². The molecule has 0 aromatic rings. The molecule has 2 fully saturated rings. The fourth-order valence-electron chi connectivity index (χ4n) is 1.94. The highest BCUT2D eigenvalue weighted by Crippen LogP contribution is 2.42. The van der Waals surface area contributed by atoms with Crippen LogP contribution in [-0.2, 0) is 4.79 Å². The molecule has 0 spiro atoms. The average Bonchev–Trinajstić information content (AvgIpc) is 3.00. The summed E-state index contributed by atoms with van der Waals surface area (Å²) in [7, 11) is 0. The summed E-state index contributed by atoms with van der Waals surface area (Å²) < 4.78 is 13.6. The summed E-state index contributed by atoms with van der Waals surface area (Å²) in [5.41, 5.74) is -1.52. The second kappa shape index (κ2) is 3.71. The van der Waals surface area contributed by atoms with Crippen LogP contribution in [0.5, 0.6) is 0 Å². The summed E-state index contributed by atoms with van der Waals surface area (Å²) in [6.07, 6.45) is 4.34. The molecule has 0 aliphatic heterocycles. The lowest BCUT2D eigenvalue weighted by molar-refractivity contribution is -0.129. The Balaban J connectivity index is 1.93. The first-order valence-electron chi connectivity index (χ1n) is 6.31. The van der Waals surface area contributed by atoms with Crippen LogP contribution in [0.4, 0.5) is 4.39 Å². The van der Waals surface area contributed by atoms with Gasteiger partial charge in [0, 0.05) is 6.04 Å². The minimum Gasteiger partial charge on any atom is -0.350 e. The molecule has 1 N–H and O–H groups in total. The van der Waals surface area contributed by atoms with Crippen molar-refractivity contribution in [2.24, 2.45) is 11.3 Å². The van der Waals surface area contributed by atoms with Crippen LogP contribution in [0.3, 0.4) is 0 Å². The van der Waals surface area contributed by atoms with Crippen LogP contribution in [0.25, 0.3) is 0 Å². The Morgan fingerprint density at radius 1 is 1.44 bits per heavy atom. The van der Waals surface area contributed by atoms with E-state index in [1.54, 1.807) is 0 Å². The van der Waals surface area contributed by atoms with E-state index in [1.165, 1.54) is 12.8 Å². The molecule has 16 heavy (non-hydrogen) atoms. The molecular weight excluding hydrogens is 205 g/mol. The molecule has 2 nitrogen and oxygen atoms in total. The Morgan fingerprint density at radius 3 is 2.38 bits per heavy atom. The van der Waals surface area contributed by atoms with Crippen molar-refractivity contribution < 1.29 is 9.18 Å². The van der Waals surface area contributed by atoms with E-state index in [1.807, 2.05) is 0 Å². The number of halogens is 1. The molecule has 92 valence electrons. The fraction of sp³-hybridized carbons (Fsp3) is 0.923. The predicted octanol–water partition coefficient (Wildman–Crippen LogP) is 2.82. The van der Waals surface area contributed by atoms with E-state index >= 15 is 0 Å². The van der Waals surface area contributed by atoms with Gasteiger partial charge in [-0.15, -0.1) is 0 Å². The molecule has 1 atom stereocenters. The Morgan fingerprint density at radius 2 is 2.00 bits per heavy atom. The quantitative estimate of drug-likeness (QED) is 0.786. The number of alkyl halides is 1. The summed E-state index contributed by atoms with van der Waals surface area (Å²) in [5.74, 6) is 0.368. The van der Waals surface area contributed by atoms with Crippen LogP contribution in [0.15, 0.2) is 0 Å². The number of amides is 1. The maximum Gasteiger partial charge on any atom is 0.257 e. The van der Waals surface area contributed by atoms with Crippen LogP contribution in [-0.4, -0.2) is 17.6 Å². The van der Waals surface area contributed by atoms with E-state index in [0.29, 0.717) is 12.8 Å². The topological polar surface area (TPSA) is 29.1 Å². The highest BCUT2D eigenvalue weighted by molar-refractivity contribution is 5.88. The van der Waals surface area contributed by atoms with Gasteiger partial charge in [-0.05, 0) is 30.6 Å². The van der Waals surface area contributed by atoms with Gasteiger partial charge < -0.3 is 5.32 Å². The second-order valence-corrected chi connectivity index (χ2v) is 6.54. The van der Waals surface area contributed by atoms with Crippen molar-refractivity contribution in [3.63, 3.8) is 0 Å². The van der Waals surface area contributed by atoms with Crippen molar-refractivity contribution in [1.82, 2.24) is 5.32 Å². The monoisotopic (exact) mass is 227 g/mol. The largest absolute Gasteiger partial charge is 0.350 e. The van der Waals surface area contributed by atoms with Gasteiger partial charge in [0.05, 0.1) is 0 Å². The van der Waals surface area contributed by atoms with Gasteiger partial charge in [0.1, 0.15) is 0 Å². The van der Waals surface area contributed by atoms with Crippen LogP contribution >= 0.6 is 0 Å². The Hall–Kier alpha value is -0.600. The Labute approximate surface area is 97.0 Å². The molecule has 0 aromatic heterocycles. The van der Waals surface area contributed by atoms with E-state index < -0.39 is 5.67 Å². The van der Waals surface area contributed by atoms with Crippen LogP contribution in [0.1, 0.15) is 52.9 Å². The lowest BCUT2D eigenvalue weighted by atomic mass is 9.83. The van der Waals surface area contributed by atoms with Gasteiger partial charge in [-0.1, -0.05) is 33.6 Å². The van der Waals surface area contributed by atoms with Crippen molar-refractivity contribution >= 4 is 5.91 Å². The summed E-state index contributed by atoms with van der Waals surface area (Å²) in [5, 5.41) is 2.92. The van der Waals surface area contributed by atoms with E-state index in [4.69, 9.17) is 0 Å². The zero-order valence-corrected chi connectivity index (χ0v) is 10.5. The number of nitrogens with one attached hydrogen (secondary N) is 1. The predicted molar refractivity (Wildman–Crippen MR) is 61.8 cm³/mol. The molecule has 1 unspecified atom stereocenters. The lowest BCUT2D eigenvalue weighted by Gasteiger charge is -2.32. The summed E-state index contributed by atoms with van der Waals surface area (Å²) >= 11 is 0. The Bertz CT molecular complexity index is 287. The van der Waals surface area contributed by atoms with Gasteiger partial charge >= 0.3 is 0 Å². The highest BCUT2D eigenvalue weighted by atomic mass is 19.1. The van der Waals surface area contributed by atoms with Crippen LogP contribution in [0.2, 0.25) is 0 Å². The van der Waals surface area contributed by atoms with Gasteiger partial charge in [-0.25, -0.2) is 4.39 Å². The molecule has 0 bridgehead atoms. The minimum atomic E-state index is -1.53. The van der Waals surface area contributed by atoms with E-state index in [9.17, 15) is 9.18 Å². The van der Waals surface area contributed by atoms with Crippen molar-refractivity contribution in [3.8, 4) is 0 Å². The average molecular weight is 227 g/mol. The normalized spacial score (nSPS) is 25.0. The van der Waals surface area contributed by atoms with Gasteiger partial charge in [-0.2, -0.15) is 0 Å². The molecule has 0 radical (unpaired) electrons. The third kappa shape index (κ3) is 2.74. The lowest BCUT2D eigenvalue weighted by Crippen LogP contribution is -2.47. The second-order valence-electron chi connectivity index (χ2n) is 6.54. The van der Waals surface area contributed by atoms with Crippen molar-refractivity contribution in [3.05, 3.63) is 0 Å². The molecule has 3 heteroatoms. The number of carbonyl (C=O) groups is 1. The molecular formula is C13H22FNO. The molecule has 0 heterocycles. The maximum atomic E-state index is 13.6. The molecule has 2 aliphatic rings. The number of rotatable bonds is 4.